The van der Waals surface area contributed by atoms with Crippen LogP contribution in [0.2, 0.25) is 0 Å². The summed E-state index contributed by atoms with van der Waals surface area (Å²) in [6.07, 6.45) is 3.17. The van der Waals surface area contributed by atoms with Crippen LogP contribution in [-0.2, 0) is 15.1 Å². The summed E-state index contributed by atoms with van der Waals surface area (Å²) in [4.78, 5) is 23.5. The summed E-state index contributed by atoms with van der Waals surface area (Å²) in [7, 11) is 0. The Balaban J connectivity index is 1.33. The Kier molecular flexibility index (Phi) is 5.54. The van der Waals surface area contributed by atoms with Crippen molar-refractivity contribution in [2.24, 2.45) is 0 Å². The molecule has 2 aliphatic heterocycles. The number of nitrogens with one attached hydrogen (secondary N) is 2. The van der Waals surface area contributed by atoms with Gasteiger partial charge >= 0.3 is 6.09 Å². The Morgan fingerprint density at radius 1 is 1.07 bits per heavy atom. The van der Waals surface area contributed by atoms with Gasteiger partial charge in [-0.3, -0.25) is 15.6 Å². The molecular formula is C24H29N3O3. The number of hydrogen-bond donors (Lipinski definition) is 2. The molecule has 1 fully saturated rings. The molecule has 0 aliphatic carbocycles. The third kappa shape index (κ3) is 4.66. The van der Waals surface area contributed by atoms with Gasteiger partial charge in [-0.15, -0.1) is 5.06 Å². The molecule has 1 spiro atoms. The van der Waals surface area contributed by atoms with E-state index in [0.29, 0.717) is 18.8 Å². The third-order valence-corrected chi connectivity index (χ3v) is 5.63. The zero-order chi connectivity index (χ0) is 21.2. The van der Waals surface area contributed by atoms with Gasteiger partial charge in [-0.25, -0.2) is 4.79 Å². The normalized spacial score (nSPS) is 18.6. The number of benzene rings is 2. The first-order valence-corrected chi connectivity index (χ1v) is 10.4. The van der Waals surface area contributed by atoms with Crippen LogP contribution in [0.3, 0.4) is 0 Å². The molecule has 2 aromatic rings. The number of rotatable bonds is 3. The molecule has 0 aromatic heterocycles. The Hall–Kier alpha value is -2.83. The summed E-state index contributed by atoms with van der Waals surface area (Å²) in [6.45, 7) is 7.85. The minimum atomic E-state index is -0.474. The molecule has 1 saturated heterocycles. The molecule has 2 N–H and O–H groups in total. The van der Waals surface area contributed by atoms with Crippen molar-refractivity contribution in [3.8, 4) is 0 Å². The van der Waals surface area contributed by atoms with Gasteiger partial charge in [-0.05, 0) is 47.6 Å². The van der Waals surface area contributed by atoms with Gasteiger partial charge in [-0.1, -0.05) is 63.2 Å². The maximum atomic E-state index is 12.1. The van der Waals surface area contributed by atoms with Gasteiger partial charge in [0.2, 0.25) is 0 Å². The first-order chi connectivity index (χ1) is 14.3. The molecule has 0 radical (unpaired) electrons. The van der Waals surface area contributed by atoms with Crippen molar-refractivity contribution in [1.82, 2.24) is 10.5 Å². The van der Waals surface area contributed by atoms with Crippen LogP contribution < -0.4 is 10.8 Å². The Bertz CT molecular complexity index is 909. The molecule has 6 nitrogen and oxygen atoms in total. The van der Waals surface area contributed by atoms with Crippen LogP contribution in [-0.4, -0.2) is 29.8 Å². The molecule has 0 unspecified atom stereocenters. The van der Waals surface area contributed by atoms with E-state index < -0.39 is 6.09 Å². The maximum absolute atomic E-state index is 12.1. The van der Waals surface area contributed by atoms with Gasteiger partial charge in [-0.2, -0.15) is 0 Å². The number of nitrogens with zero attached hydrogens (tertiary/aromatic N) is 1. The zero-order valence-corrected chi connectivity index (χ0v) is 17.8. The van der Waals surface area contributed by atoms with E-state index in [0.717, 1.165) is 24.1 Å². The standard InChI is InChI=1S/C24H29N3O3/c1-23(2,3)19-11-9-18(10-12-19)21-17-24(30-26-21)13-15-27(16-14-24)29-22(28)25-20-7-5-4-6-8-20/h4-12,17,26H,13-16H2,1-3H3,(H,25,28). The molecule has 2 aliphatic rings. The number of para-hydroxylation sites is 1. The smallest absolute Gasteiger partial charge is 0.351 e. The largest absolute Gasteiger partial charge is 0.430 e. The average Bonchev–Trinajstić information content (AvgIpc) is 3.14. The van der Waals surface area contributed by atoms with Crippen molar-refractivity contribution in [3.63, 3.8) is 0 Å². The van der Waals surface area contributed by atoms with Crippen molar-refractivity contribution in [2.75, 3.05) is 18.4 Å². The van der Waals surface area contributed by atoms with Crippen LogP contribution in [0.5, 0.6) is 0 Å². The second-order valence-corrected chi connectivity index (χ2v) is 8.95. The summed E-state index contributed by atoms with van der Waals surface area (Å²) in [6, 6.07) is 17.9. The van der Waals surface area contributed by atoms with E-state index in [-0.39, 0.29) is 11.0 Å². The van der Waals surface area contributed by atoms with Crippen molar-refractivity contribution in [1.29, 1.82) is 0 Å². The highest BCUT2D eigenvalue weighted by Crippen LogP contribution is 2.35. The van der Waals surface area contributed by atoms with E-state index in [4.69, 9.17) is 9.68 Å². The fourth-order valence-electron chi connectivity index (χ4n) is 3.75. The molecule has 0 atom stereocenters. The highest BCUT2D eigenvalue weighted by Gasteiger charge is 2.39. The number of anilines is 1. The molecule has 2 heterocycles. The van der Waals surface area contributed by atoms with Crippen molar-refractivity contribution in [2.45, 2.75) is 44.6 Å². The topological polar surface area (TPSA) is 62.8 Å². The van der Waals surface area contributed by atoms with Crippen molar-refractivity contribution in [3.05, 3.63) is 71.8 Å². The van der Waals surface area contributed by atoms with Gasteiger partial charge in [0.1, 0.15) is 5.60 Å². The van der Waals surface area contributed by atoms with Gasteiger partial charge in [0.05, 0.1) is 5.70 Å². The van der Waals surface area contributed by atoms with Gasteiger partial charge in [0.25, 0.3) is 0 Å². The monoisotopic (exact) mass is 407 g/mol. The van der Waals surface area contributed by atoms with E-state index in [1.807, 2.05) is 30.3 Å². The van der Waals surface area contributed by atoms with Crippen LogP contribution in [0.15, 0.2) is 60.7 Å². The first-order valence-electron chi connectivity index (χ1n) is 10.4. The number of amides is 1. The van der Waals surface area contributed by atoms with Gasteiger partial charge in [0.15, 0.2) is 0 Å². The molecule has 4 rings (SSSR count). The zero-order valence-electron chi connectivity index (χ0n) is 17.8. The lowest BCUT2D eigenvalue weighted by Gasteiger charge is -2.35. The second kappa shape index (κ2) is 8.13. The molecule has 30 heavy (non-hydrogen) atoms. The van der Waals surface area contributed by atoms with Gasteiger partial charge < -0.3 is 4.84 Å². The summed E-state index contributed by atoms with van der Waals surface area (Å²) < 4.78 is 0. The van der Waals surface area contributed by atoms with Crippen LogP contribution in [0, 0.1) is 0 Å². The van der Waals surface area contributed by atoms with Crippen molar-refractivity contribution < 1.29 is 14.5 Å². The number of hydrogen-bond acceptors (Lipinski definition) is 5. The maximum Gasteiger partial charge on any atom is 0.430 e. The third-order valence-electron chi connectivity index (χ3n) is 5.63. The number of hydroxylamine groups is 3. The summed E-state index contributed by atoms with van der Waals surface area (Å²) in [5, 5.41) is 4.43. The van der Waals surface area contributed by atoms with Crippen LogP contribution in [0.1, 0.15) is 44.7 Å². The van der Waals surface area contributed by atoms with E-state index in [1.165, 1.54) is 5.56 Å². The molecule has 6 heteroatoms. The first kappa shape index (κ1) is 20.4. The van der Waals surface area contributed by atoms with E-state index in [2.05, 4.69) is 61.9 Å². The van der Waals surface area contributed by atoms with E-state index in [1.54, 1.807) is 5.06 Å². The molecule has 0 bridgehead atoms. The lowest BCUT2D eigenvalue weighted by Crippen LogP contribution is -2.45. The van der Waals surface area contributed by atoms with Crippen LogP contribution >= 0.6 is 0 Å². The number of piperidine rings is 1. The average molecular weight is 408 g/mol. The summed E-state index contributed by atoms with van der Waals surface area (Å²) in [5.74, 6) is 0. The molecule has 1 amide bonds. The quantitative estimate of drug-likeness (QED) is 0.761. The predicted octanol–water partition coefficient (Wildman–Crippen LogP) is 4.86. The Morgan fingerprint density at radius 2 is 1.73 bits per heavy atom. The minimum absolute atomic E-state index is 0.132. The summed E-state index contributed by atoms with van der Waals surface area (Å²) >= 11 is 0. The van der Waals surface area contributed by atoms with Crippen LogP contribution in [0.4, 0.5) is 10.5 Å². The number of carbonyl (C=O) groups is 1. The molecular weight excluding hydrogens is 378 g/mol. The number of carbonyl (C=O) groups excluding carboxylic acids is 1. The second-order valence-electron chi connectivity index (χ2n) is 8.95. The molecule has 2 aromatic carbocycles. The lowest BCUT2D eigenvalue weighted by molar-refractivity contribution is -0.153. The van der Waals surface area contributed by atoms with Crippen molar-refractivity contribution >= 4 is 17.5 Å². The lowest BCUT2D eigenvalue weighted by atomic mass is 9.86. The SMILES string of the molecule is CC(C)(C)c1ccc(C2=CC3(CCN(OC(=O)Nc4ccccc4)CC3)ON2)cc1. The van der Waals surface area contributed by atoms with Gasteiger partial charge in [0, 0.05) is 18.8 Å². The minimum Gasteiger partial charge on any atom is -0.351 e. The highest BCUT2D eigenvalue weighted by molar-refractivity contribution is 5.84. The molecule has 0 saturated carbocycles. The van der Waals surface area contributed by atoms with E-state index in [9.17, 15) is 4.79 Å². The predicted molar refractivity (Wildman–Crippen MR) is 117 cm³/mol. The molecule has 158 valence electrons. The summed E-state index contributed by atoms with van der Waals surface area (Å²) in [5.41, 5.74) is 6.99. The highest BCUT2D eigenvalue weighted by atomic mass is 16.7. The van der Waals surface area contributed by atoms with Crippen LogP contribution in [0.25, 0.3) is 5.70 Å². The van der Waals surface area contributed by atoms with E-state index >= 15 is 0 Å². The Labute approximate surface area is 177 Å². The fourth-order valence-corrected chi connectivity index (χ4v) is 3.75. The Morgan fingerprint density at radius 3 is 2.37 bits per heavy atom. The fraction of sp³-hybridized carbons (Fsp3) is 0.375.